The number of nitrogens with one attached hydrogen (secondary N) is 1. The van der Waals surface area contributed by atoms with Crippen LogP contribution in [0.1, 0.15) is 29.6 Å². The second-order valence-electron chi connectivity index (χ2n) is 4.87. The van der Waals surface area contributed by atoms with Gasteiger partial charge in [0.25, 0.3) is 0 Å². The first kappa shape index (κ1) is 16.3. The molecule has 0 aliphatic rings. The lowest BCUT2D eigenvalue weighted by Crippen LogP contribution is -2.09. The van der Waals surface area contributed by atoms with Gasteiger partial charge in [-0.3, -0.25) is 0 Å². The molecule has 1 N–H and O–H groups in total. The van der Waals surface area contributed by atoms with Crippen molar-refractivity contribution in [2.24, 2.45) is 0 Å². The lowest BCUT2D eigenvalue weighted by atomic mass is 10.2. The Morgan fingerprint density at radius 2 is 1.92 bits per heavy atom. The summed E-state index contributed by atoms with van der Waals surface area (Å²) in [5.74, 6) is -1.32. The summed E-state index contributed by atoms with van der Waals surface area (Å²) in [7, 11) is 0. The number of nitrogens with zero attached hydrogens (tertiary/aromatic N) is 5. The molecule has 7 nitrogen and oxygen atoms in total. The van der Waals surface area contributed by atoms with Crippen molar-refractivity contribution in [3.63, 3.8) is 0 Å². The smallest absolute Gasteiger partial charge is 0.346 e. The summed E-state index contributed by atoms with van der Waals surface area (Å²) in [5.41, 5.74) is 1.08. The van der Waals surface area contributed by atoms with Gasteiger partial charge in [-0.1, -0.05) is 5.16 Å². The molecular weight excluding hydrogens is 345 g/mol. The van der Waals surface area contributed by atoms with Crippen LogP contribution in [0.2, 0.25) is 0 Å². The molecular formula is C13H11F3N6OS. The molecule has 0 fully saturated rings. The second kappa shape index (κ2) is 6.15. The van der Waals surface area contributed by atoms with Gasteiger partial charge in [-0.15, -0.1) is 11.3 Å². The van der Waals surface area contributed by atoms with Crippen LogP contribution in [0.3, 0.4) is 0 Å². The number of halogens is 3. The zero-order chi connectivity index (χ0) is 17.3. The van der Waals surface area contributed by atoms with E-state index in [1.54, 1.807) is 0 Å². The van der Waals surface area contributed by atoms with E-state index >= 15 is 0 Å². The molecule has 126 valence electrons. The first-order valence-corrected chi connectivity index (χ1v) is 7.63. The minimum Gasteiger partial charge on any atom is -0.346 e. The number of aromatic nitrogens is 5. The highest BCUT2D eigenvalue weighted by molar-refractivity contribution is 7.09. The van der Waals surface area contributed by atoms with Crippen LogP contribution >= 0.6 is 11.3 Å². The number of rotatable bonds is 4. The van der Waals surface area contributed by atoms with Crippen molar-refractivity contribution in [1.29, 1.82) is 0 Å². The summed E-state index contributed by atoms with van der Waals surface area (Å²) in [5, 5.41) is 9.22. The van der Waals surface area contributed by atoms with Crippen LogP contribution in [0, 0.1) is 6.92 Å². The van der Waals surface area contributed by atoms with Crippen LogP contribution in [-0.2, 0) is 6.18 Å². The van der Waals surface area contributed by atoms with E-state index in [2.05, 4.69) is 34.9 Å². The normalized spacial score (nSPS) is 13.0. The Labute approximate surface area is 138 Å². The minimum absolute atomic E-state index is 0.109. The molecule has 3 rings (SSSR count). The van der Waals surface area contributed by atoms with E-state index in [9.17, 15) is 13.2 Å². The molecule has 3 aromatic heterocycles. The molecule has 0 amide bonds. The van der Waals surface area contributed by atoms with Crippen molar-refractivity contribution >= 4 is 17.3 Å². The van der Waals surface area contributed by atoms with Gasteiger partial charge in [0.1, 0.15) is 0 Å². The topological polar surface area (TPSA) is 89.6 Å². The molecule has 0 spiro atoms. The molecule has 3 heterocycles. The number of aryl methyl sites for hydroxylation is 1. The van der Waals surface area contributed by atoms with Crippen molar-refractivity contribution in [3.8, 4) is 11.4 Å². The molecule has 1 atom stereocenters. The summed E-state index contributed by atoms with van der Waals surface area (Å²) in [6, 6.07) is -0.109. The summed E-state index contributed by atoms with van der Waals surface area (Å²) in [6.45, 7) is 3.81. The zero-order valence-electron chi connectivity index (χ0n) is 12.5. The molecule has 1 unspecified atom stereocenters. The number of anilines is 1. The van der Waals surface area contributed by atoms with E-state index in [1.807, 2.05) is 19.2 Å². The van der Waals surface area contributed by atoms with E-state index in [1.165, 1.54) is 23.7 Å². The molecule has 0 aromatic carbocycles. The van der Waals surface area contributed by atoms with Crippen LogP contribution in [-0.4, -0.2) is 25.1 Å². The van der Waals surface area contributed by atoms with Crippen LogP contribution in [0.5, 0.6) is 0 Å². The molecule has 0 radical (unpaired) electrons. The molecule has 0 aliphatic heterocycles. The summed E-state index contributed by atoms with van der Waals surface area (Å²) < 4.78 is 41.5. The van der Waals surface area contributed by atoms with Gasteiger partial charge in [0.15, 0.2) is 0 Å². The highest BCUT2D eigenvalue weighted by atomic mass is 32.1. The molecule has 3 aromatic rings. The van der Waals surface area contributed by atoms with E-state index in [4.69, 9.17) is 0 Å². The second-order valence-corrected chi connectivity index (χ2v) is 5.94. The minimum atomic E-state index is -4.69. The first-order valence-electron chi connectivity index (χ1n) is 6.75. The fourth-order valence-electron chi connectivity index (χ4n) is 1.82. The fraction of sp³-hybridized carbons (Fsp3) is 0.308. The summed E-state index contributed by atoms with van der Waals surface area (Å²) in [6.07, 6.45) is -2.05. The molecule has 24 heavy (non-hydrogen) atoms. The van der Waals surface area contributed by atoms with E-state index < -0.39 is 12.1 Å². The van der Waals surface area contributed by atoms with Crippen LogP contribution in [0.15, 0.2) is 22.3 Å². The zero-order valence-corrected chi connectivity index (χ0v) is 13.3. The molecule has 11 heteroatoms. The van der Waals surface area contributed by atoms with E-state index in [0.29, 0.717) is 5.95 Å². The van der Waals surface area contributed by atoms with Gasteiger partial charge in [0.2, 0.25) is 11.8 Å². The average Bonchev–Trinajstić information content (AvgIpc) is 3.16. The lowest BCUT2D eigenvalue weighted by molar-refractivity contribution is -0.159. The Morgan fingerprint density at radius 1 is 1.21 bits per heavy atom. The first-order chi connectivity index (χ1) is 11.3. The van der Waals surface area contributed by atoms with Gasteiger partial charge in [0, 0.05) is 17.8 Å². The number of hydrogen-bond acceptors (Lipinski definition) is 8. The summed E-state index contributed by atoms with van der Waals surface area (Å²) in [4.78, 5) is 15.7. The average molecular weight is 356 g/mol. The quantitative estimate of drug-likeness (QED) is 0.765. The third kappa shape index (κ3) is 3.50. The molecule has 0 bridgehead atoms. The Morgan fingerprint density at radius 3 is 2.46 bits per heavy atom. The predicted octanol–water partition coefficient (Wildman–Crippen LogP) is 3.48. The van der Waals surface area contributed by atoms with Crippen molar-refractivity contribution in [2.45, 2.75) is 26.1 Å². The highest BCUT2D eigenvalue weighted by Gasteiger charge is 2.38. The summed E-state index contributed by atoms with van der Waals surface area (Å²) >= 11 is 1.54. The number of alkyl halides is 3. The maximum absolute atomic E-state index is 12.4. The van der Waals surface area contributed by atoms with Crippen molar-refractivity contribution in [2.75, 3.05) is 5.32 Å². The van der Waals surface area contributed by atoms with Crippen LogP contribution in [0.25, 0.3) is 11.4 Å². The maximum atomic E-state index is 12.4. The standard InChI is InChI=1S/C13H11F3N6OS/c1-6(9-5-24-7(2)20-9)19-12-17-3-8(4-18-12)10-21-11(23-22-10)13(14,15)16/h3-6H,1-2H3,(H,17,18,19). The number of thiazole rings is 1. The van der Waals surface area contributed by atoms with Gasteiger partial charge in [0.05, 0.1) is 22.3 Å². The van der Waals surface area contributed by atoms with Gasteiger partial charge in [-0.25, -0.2) is 15.0 Å². The Kier molecular flexibility index (Phi) is 4.18. The highest BCUT2D eigenvalue weighted by Crippen LogP contribution is 2.29. The number of hydrogen-bond donors (Lipinski definition) is 1. The van der Waals surface area contributed by atoms with Gasteiger partial charge >= 0.3 is 12.1 Å². The predicted molar refractivity (Wildman–Crippen MR) is 79.2 cm³/mol. The molecule has 0 saturated heterocycles. The van der Waals surface area contributed by atoms with Crippen LogP contribution in [0.4, 0.5) is 19.1 Å². The van der Waals surface area contributed by atoms with E-state index in [-0.39, 0.29) is 17.4 Å². The lowest BCUT2D eigenvalue weighted by Gasteiger charge is -2.11. The maximum Gasteiger partial charge on any atom is 0.471 e. The Hall–Kier alpha value is -2.56. The van der Waals surface area contributed by atoms with Gasteiger partial charge in [-0.05, 0) is 13.8 Å². The van der Waals surface area contributed by atoms with Gasteiger partial charge in [-0.2, -0.15) is 18.2 Å². The SMILES string of the molecule is Cc1nc(C(C)Nc2ncc(-c3noc(C(F)(F)F)n3)cn2)cs1. The van der Waals surface area contributed by atoms with Crippen molar-refractivity contribution < 1.29 is 17.7 Å². The largest absolute Gasteiger partial charge is 0.471 e. The van der Waals surface area contributed by atoms with Gasteiger partial charge < -0.3 is 9.84 Å². The van der Waals surface area contributed by atoms with Crippen molar-refractivity contribution in [1.82, 2.24) is 25.1 Å². The van der Waals surface area contributed by atoms with Crippen LogP contribution < -0.4 is 5.32 Å². The third-order valence-corrected chi connectivity index (χ3v) is 3.80. The fourth-order valence-corrected chi connectivity index (χ4v) is 2.53. The Bertz CT molecular complexity index is 829. The van der Waals surface area contributed by atoms with E-state index in [0.717, 1.165) is 10.7 Å². The van der Waals surface area contributed by atoms with Crippen molar-refractivity contribution in [3.05, 3.63) is 34.4 Å². The molecule has 0 aliphatic carbocycles. The molecule has 0 saturated carbocycles. The monoisotopic (exact) mass is 356 g/mol. The Balaban J connectivity index is 1.72. The third-order valence-electron chi connectivity index (χ3n) is 3.00.